The summed E-state index contributed by atoms with van der Waals surface area (Å²) in [6.45, 7) is 2.62. The number of nitrogens with zero attached hydrogens (tertiary/aromatic N) is 1. The maximum Gasteiger partial charge on any atom is 0.226 e. The number of benzene rings is 3. The van der Waals surface area contributed by atoms with Gasteiger partial charge >= 0.3 is 0 Å². The Morgan fingerprint density at radius 3 is 2.48 bits per heavy atom. The van der Waals surface area contributed by atoms with Crippen molar-refractivity contribution >= 4 is 5.78 Å². The van der Waals surface area contributed by atoms with Gasteiger partial charge in [0.05, 0.1) is 12.3 Å². The summed E-state index contributed by atoms with van der Waals surface area (Å²) in [4.78, 5) is 17.4. The molecule has 1 aliphatic carbocycles. The van der Waals surface area contributed by atoms with E-state index in [9.17, 15) is 4.79 Å². The highest BCUT2D eigenvalue weighted by molar-refractivity contribution is 6.09. The van der Waals surface area contributed by atoms with Crippen molar-refractivity contribution in [3.63, 3.8) is 0 Å². The molecule has 1 heterocycles. The second-order valence-corrected chi connectivity index (χ2v) is 8.40. The van der Waals surface area contributed by atoms with Gasteiger partial charge < -0.3 is 9.15 Å². The molecule has 4 heteroatoms. The van der Waals surface area contributed by atoms with Crippen LogP contribution in [0.3, 0.4) is 0 Å². The van der Waals surface area contributed by atoms with Crippen molar-refractivity contribution in [3.05, 3.63) is 107 Å². The van der Waals surface area contributed by atoms with E-state index in [1.165, 1.54) is 24.0 Å². The van der Waals surface area contributed by atoms with Gasteiger partial charge in [0.15, 0.2) is 5.78 Å². The fraction of sp³-hybridized carbons (Fsp3) is 0.241. The van der Waals surface area contributed by atoms with Crippen LogP contribution in [-0.2, 0) is 25.7 Å². The predicted molar refractivity (Wildman–Crippen MR) is 129 cm³/mol. The molecule has 5 rings (SSSR count). The van der Waals surface area contributed by atoms with Crippen molar-refractivity contribution in [2.75, 3.05) is 6.61 Å². The summed E-state index contributed by atoms with van der Waals surface area (Å²) in [5, 5.41) is 0. The highest BCUT2D eigenvalue weighted by atomic mass is 16.5. The molecule has 0 radical (unpaired) electrons. The highest BCUT2D eigenvalue weighted by Gasteiger charge is 2.16. The van der Waals surface area contributed by atoms with Crippen LogP contribution >= 0.6 is 0 Å². The second kappa shape index (κ2) is 9.45. The zero-order valence-electron chi connectivity index (χ0n) is 18.8. The fourth-order valence-corrected chi connectivity index (χ4v) is 4.40. The van der Waals surface area contributed by atoms with E-state index >= 15 is 0 Å². The van der Waals surface area contributed by atoms with Crippen LogP contribution in [0.25, 0.3) is 11.5 Å². The lowest BCUT2D eigenvalue weighted by Crippen LogP contribution is -2.04. The molecule has 4 nitrogen and oxygen atoms in total. The average molecular weight is 438 g/mol. The molecule has 0 bridgehead atoms. The number of ether oxygens (including phenoxy) is 1. The van der Waals surface area contributed by atoms with Crippen LogP contribution in [0.1, 0.15) is 51.8 Å². The number of ketones is 1. The standard InChI is InChI=1S/C29H27NO3/c1-2-27-26(17-18-32-25-16-15-20-9-6-10-24(20)19-25)30-29(33-27)23-13-11-22(12-14-23)28(31)21-7-4-3-5-8-21/h3-5,7-8,11-16,19H,2,6,9-10,17-18H2,1H3. The second-order valence-electron chi connectivity index (χ2n) is 8.40. The molecular formula is C29H27NO3. The molecule has 3 aromatic carbocycles. The minimum atomic E-state index is 0.00759. The van der Waals surface area contributed by atoms with Crippen LogP contribution in [-0.4, -0.2) is 17.4 Å². The summed E-state index contributed by atoms with van der Waals surface area (Å²) in [5.41, 5.74) is 5.99. The fourth-order valence-electron chi connectivity index (χ4n) is 4.40. The number of oxazole rings is 1. The molecule has 0 aliphatic heterocycles. The van der Waals surface area contributed by atoms with Crippen molar-refractivity contribution in [2.45, 2.75) is 39.0 Å². The van der Waals surface area contributed by atoms with Crippen LogP contribution in [0.2, 0.25) is 0 Å². The zero-order valence-corrected chi connectivity index (χ0v) is 18.8. The van der Waals surface area contributed by atoms with E-state index in [4.69, 9.17) is 14.1 Å². The van der Waals surface area contributed by atoms with Gasteiger partial charge in [-0.15, -0.1) is 0 Å². The monoisotopic (exact) mass is 437 g/mol. The van der Waals surface area contributed by atoms with Crippen LogP contribution in [0.5, 0.6) is 5.75 Å². The summed E-state index contributed by atoms with van der Waals surface area (Å²) in [7, 11) is 0. The summed E-state index contributed by atoms with van der Waals surface area (Å²) >= 11 is 0. The first-order valence-corrected chi connectivity index (χ1v) is 11.6. The Bertz CT molecular complexity index is 1260. The number of fused-ring (bicyclic) bond motifs is 1. The molecule has 0 N–H and O–H groups in total. The van der Waals surface area contributed by atoms with Gasteiger partial charge in [-0.3, -0.25) is 4.79 Å². The SMILES string of the molecule is CCc1oc(-c2ccc(C(=O)c3ccccc3)cc2)nc1CCOc1ccc2c(c1)CCC2. The predicted octanol–water partition coefficient (Wildman–Crippen LogP) is 6.25. The Kier molecular flexibility index (Phi) is 6.07. The van der Waals surface area contributed by atoms with Gasteiger partial charge in [-0.25, -0.2) is 4.98 Å². The molecule has 4 aromatic rings. The van der Waals surface area contributed by atoms with Crippen molar-refractivity contribution in [2.24, 2.45) is 0 Å². The van der Waals surface area contributed by atoms with Crippen molar-refractivity contribution < 1.29 is 13.9 Å². The quantitative estimate of drug-likeness (QED) is 0.306. The molecule has 166 valence electrons. The van der Waals surface area contributed by atoms with Gasteiger partial charge in [0.2, 0.25) is 5.89 Å². The van der Waals surface area contributed by atoms with Crippen molar-refractivity contribution in [1.82, 2.24) is 4.98 Å². The minimum absolute atomic E-state index is 0.00759. The Hall–Kier alpha value is -3.66. The van der Waals surface area contributed by atoms with E-state index in [-0.39, 0.29) is 5.78 Å². The molecule has 0 atom stereocenters. The Labute approximate surface area is 194 Å². The number of hydrogen-bond acceptors (Lipinski definition) is 4. The molecule has 0 saturated carbocycles. The summed E-state index contributed by atoms with van der Waals surface area (Å²) in [6, 6.07) is 23.2. The molecule has 33 heavy (non-hydrogen) atoms. The molecule has 0 unspecified atom stereocenters. The first kappa shape index (κ1) is 21.2. The smallest absolute Gasteiger partial charge is 0.226 e. The number of aryl methyl sites for hydroxylation is 3. The normalized spacial score (nSPS) is 12.5. The molecule has 0 saturated heterocycles. The lowest BCUT2D eigenvalue weighted by atomic mass is 10.0. The van der Waals surface area contributed by atoms with Crippen LogP contribution in [0, 0.1) is 0 Å². The maximum absolute atomic E-state index is 12.6. The average Bonchev–Trinajstić information content (AvgIpc) is 3.51. The third-order valence-corrected chi connectivity index (χ3v) is 6.21. The van der Waals surface area contributed by atoms with E-state index < -0.39 is 0 Å². The number of carbonyl (C=O) groups is 1. The lowest BCUT2D eigenvalue weighted by molar-refractivity contribution is 0.103. The first-order chi connectivity index (χ1) is 16.2. The van der Waals surface area contributed by atoms with E-state index in [1.807, 2.05) is 54.6 Å². The molecule has 1 aromatic heterocycles. The van der Waals surface area contributed by atoms with E-state index in [0.29, 0.717) is 30.0 Å². The molecular weight excluding hydrogens is 410 g/mol. The van der Waals surface area contributed by atoms with Gasteiger partial charge in [-0.05, 0) is 54.7 Å². The minimum Gasteiger partial charge on any atom is -0.493 e. The van der Waals surface area contributed by atoms with Crippen LogP contribution < -0.4 is 4.74 Å². The van der Waals surface area contributed by atoms with Crippen LogP contribution in [0.4, 0.5) is 0 Å². The zero-order chi connectivity index (χ0) is 22.6. The topological polar surface area (TPSA) is 52.3 Å². The Balaban J connectivity index is 1.26. The summed E-state index contributed by atoms with van der Waals surface area (Å²) < 4.78 is 12.1. The van der Waals surface area contributed by atoms with Gasteiger partial charge in [-0.2, -0.15) is 0 Å². The first-order valence-electron chi connectivity index (χ1n) is 11.6. The van der Waals surface area contributed by atoms with Gasteiger partial charge in [-0.1, -0.05) is 55.5 Å². The number of hydrogen-bond donors (Lipinski definition) is 0. The molecule has 1 aliphatic rings. The van der Waals surface area contributed by atoms with Gasteiger partial charge in [0.25, 0.3) is 0 Å². The van der Waals surface area contributed by atoms with Crippen molar-refractivity contribution in [3.8, 4) is 17.2 Å². The third-order valence-electron chi connectivity index (χ3n) is 6.21. The number of carbonyl (C=O) groups excluding carboxylic acids is 1. The Morgan fingerprint density at radius 2 is 1.70 bits per heavy atom. The molecule has 0 spiro atoms. The summed E-state index contributed by atoms with van der Waals surface area (Å²) in [5.74, 6) is 2.40. The third kappa shape index (κ3) is 4.61. The number of aromatic nitrogens is 1. The van der Waals surface area contributed by atoms with Crippen molar-refractivity contribution in [1.29, 1.82) is 0 Å². The molecule has 0 fully saturated rings. The van der Waals surface area contributed by atoms with Gasteiger partial charge in [0, 0.05) is 29.5 Å². The highest BCUT2D eigenvalue weighted by Crippen LogP contribution is 2.27. The van der Waals surface area contributed by atoms with E-state index in [2.05, 4.69) is 25.1 Å². The van der Waals surface area contributed by atoms with Crippen LogP contribution in [0.15, 0.2) is 77.2 Å². The molecule has 0 amide bonds. The largest absolute Gasteiger partial charge is 0.493 e. The summed E-state index contributed by atoms with van der Waals surface area (Å²) in [6.07, 6.45) is 5.02. The van der Waals surface area contributed by atoms with E-state index in [0.717, 1.165) is 35.6 Å². The van der Waals surface area contributed by atoms with Gasteiger partial charge in [0.1, 0.15) is 11.5 Å². The maximum atomic E-state index is 12.6. The van der Waals surface area contributed by atoms with E-state index in [1.54, 1.807) is 0 Å². The lowest BCUT2D eigenvalue weighted by Gasteiger charge is -2.07. The Morgan fingerprint density at radius 1 is 0.939 bits per heavy atom. The number of rotatable bonds is 8.